The van der Waals surface area contributed by atoms with Gasteiger partial charge in [0.25, 0.3) is 0 Å². The molecule has 1 nitrogen and oxygen atoms in total. The van der Waals surface area contributed by atoms with Crippen molar-refractivity contribution in [3.63, 3.8) is 0 Å². The van der Waals surface area contributed by atoms with Gasteiger partial charge in [0, 0.05) is 6.04 Å². The summed E-state index contributed by atoms with van der Waals surface area (Å²) in [5.41, 5.74) is 12.2. The van der Waals surface area contributed by atoms with Crippen molar-refractivity contribution in [1.82, 2.24) is 0 Å². The van der Waals surface area contributed by atoms with Crippen LogP contribution in [-0.2, 0) is 0 Å². The minimum absolute atomic E-state index is 0.164. The normalized spacial score (nSPS) is 15.4. The van der Waals surface area contributed by atoms with E-state index in [4.69, 9.17) is 5.73 Å². The Hall–Kier alpha value is -0.820. The lowest BCUT2D eigenvalue weighted by molar-refractivity contribution is 0.286. The van der Waals surface area contributed by atoms with Gasteiger partial charge < -0.3 is 5.73 Å². The molecule has 0 aliphatic carbocycles. The summed E-state index contributed by atoms with van der Waals surface area (Å²) in [4.78, 5) is 0. The number of rotatable bonds is 4. The first-order valence-corrected chi connectivity index (χ1v) is 7.43. The van der Waals surface area contributed by atoms with Crippen molar-refractivity contribution in [2.45, 2.75) is 67.3 Å². The van der Waals surface area contributed by atoms with Crippen LogP contribution in [0.4, 0.5) is 0 Å². The lowest BCUT2D eigenvalue weighted by atomic mass is 9.81. The molecule has 1 heteroatoms. The van der Waals surface area contributed by atoms with Crippen molar-refractivity contribution in [2.75, 3.05) is 0 Å². The molecule has 1 rings (SSSR count). The summed E-state index contributed by atoms with van der Waals surface area (Å²) in [5.74, 6) is 0.663. The van der Waals surface area contributed by atoms with E-state index >= 15 is 0 Å². The molecule has 0 fully saturated rings. The zero-order chi connectivity index (χ0) is 14.8. The molecule has 0 aliphatic rings. The Labute approximate surface area is 119 Å². The molecule has 0 saturated carbocycles. The number of hydrogen-bond donors (Lipinski definition) is 1. The zero-order valence-electron chi connectivity index (χ0n) is 13.8. The Morgan fingerprint density at radius 2 is 1.53 bits per heavy atom. The van der Waals surface area contributed by atoms with Crippen LogP contribution < -0.4 is 5.73 Å². The fraction of sp³-hybridized carbons (Fsp3) is 0.667. The maximum atomic E-state index is 6.43. The number of aryl methyl sites for hydroxylation is 3. The van der Waals surface area contributed by atoms with E-state index in [-0.39, 0.29) is 6.04 Å². The average molecular weight is 261 g/mol. The summed E-state index contributed by atoms with van der Waals surface area (Å²) < 4.78 is 0. The second-order valence-electron chi connectivity index (χ2n) is 7.51. The average Bonchev–Trinajstić information content (AvgIpc) is 2.20. The first-order chi connectivity index (χ1) is 8.60. The van der Waals surface area contributed by atoms with E-state index in [0.717, 1.165) is 6.42 Å². The first-order valence-electron chi connectivity index (χ1n) is 7.43. The third-order valence-electron chi connectivity index (χ3n) is 3.90. The van der Waals surface area contributed by atoms with Gasteiger partial charge in [0.2, 0.25) is 0 Å². The zero-order valence-corrected chi connectivity index (χ0v) is 13.8. The van der Waals surface area contributed by atoms with Gasteiger partial charge in [0.1, 0.15) is 0 Å². The lowest BCUT2D eigenvalue weighted by Crippen LogP contribution is -2.19. The van der Waals surface area contributed by atoms with Crippen LogP contribution in [0.3, 0.4) is 0 Å². The minimum Gasteiger partial charge on any atom is -0.324 e. The standard InChI is InChI=1S/C18H31N/c1-12(11-18(5,6)7)8-17(19)16-10-14(3)13(2)9-15(16)4/h9-10,12,17H,8,11,19H2,1-7H3. The van der Waals surface area contributed by atoms with E-state index < -0.39 is 0 Å². The fourth-order valence-electron chi connectivity index (χ4n) is 3.07. The summed E-state index contributed by atoms with van der Waals surface area (Å²) in [6.45, 7) is 15.7. The predicted octanol–water partition coefficient (Wildman–Crippen LogP) is 5.07. The molecule has 0 saturated heterocycles. The van der Waals surface area contributed by atoms with Crippen molar-refractivity contribution in [3.8, 4) is 0 Å². The molecule has 0 radical (unpaired) electrons. The quantitative estimate of drug-likeness (QED) is 0.804. The molecule has 1 aromatic rings. The van der Waals surface area contributed by atoms with Gasteiger partial charge in [-0.3, -0.25) is 0 Å². The van der Waals surface area contributed by atoms with E-state index in [0.29, 0.717) is 11.3 Å². The number of hydrogen-bond acceptors (Lipinski definition) is 1. The van der Waals surface area contributed by atoms with Gasteiger partial charge in [-0.1, -0.05) is 39.8 Å². The van der Waals surface area contributed by atoms with Crippen LogP contribution in [0.5, 0.6) is 0 Å². The second-order valence-corrected chi connectivity index (χ2v) is 7.51. The Bertz CT molecular complexity index is 426. The Morgan fingerprint density at radius 1 is 1.00 bits per heavy atom. The van der Waals surface area contributed by atoms with Crippen LogP contribution in [0.25, 0.3) is 0 Å². The van der Waals surface area contributed by atoms with Crippen molar-refractivity contribution < 1.29 is 0 Å². The smallest absolute Gasteiger partial charge is 0.0300 e. The van der Waals surface area contributed by atoms with E-state index in [1.807, 2.05) is 0 Å². The molecule has 0 amide bonds. The van der Waals surface area contributed by atoms with Gasteiger partial charge in [-0.25, -0.2) is 0 Å². The van der Waals surface area contributed by atoms with Crippen molar-refractivity contribution >= 4 is 0 Å². The summed E-state index contributed by atoms with van der Waals surface area (Å²) >= 11 is 0. The molecule has 0 bridgehead atoms. The molecular weight excluding hydrogens is 230 g/mol. The first kappa shape index (κ1) is 16.2. The Morgan fingerprint density at radius 3 is 2.05 bits per heavy atom. The highest BCUT2D eigenvalue weighted by Gasteiger charge is 2.19. The summed E-state index contributed by atoms with van der Waals surface area (Å²) in [5, 5.41) is 0. The molecular formula is C18H31N. The minimum atomic E-state index is 0.164. The summed E-state index contributed by atoms with van der Waals surface area (Å²) in [7, 11) is 0. The highest BCUT2D eigenvalue weighted by molar-refractivity contribution is 5.38. The maximum absolute atomic E-state index is 6.43. The van der Waals surface area contributed by atoms with E-state index in [2.05, 4.69) is 60.6 Å². The van der Waals surface area contributed by atoms with Crippen LogP contribution in [0.15, 0.2) is 12.1 Å². The van der Waals surface area contributed by atoms with Gasteiger partial charge in [0.15, 0.2) is 0 Å². The van der Waals surface area contributed by atoms with Crippen molar-refractivity contribution in [3.05, 3.63) is 34.4 Å². The number of benzene rings is 1. The van der Waals surface area contributed by atoms with Gasteiger partial charge in [0.05, 0.1) is 0 Å². The molecule has 108 valence electrons. The molecule has 2 atom stereocenters. The fourth-order valence-corrected chi connectivity index (χ4v) is 3.07. The molecule has 19 heavy (non-hydrogen) atoms. The molecule has 0 spiro atoms. The molecule has 0 aliphatic heterocycles. The van der Waals surface area contributed by atoms with Crippen LogP contribution in [0.1, 0.15) is 68.8 Å². The SMILES string of the molecule is Cc1cc(C)c(C(N)CC(C)CC(C)(C)C)cc1C. The molecule has 2 unspecified atom stereocenters. The lowest BCUT2D eigenvalue weighted by Gasteiger charge is -2.26. The largest absolute Gasteiger partial charge is 0.324 e. The molecule has 2 N–H and O–H groups in total. The van der Waals surface area contributed by atoms with Crippen molar-refractivity contribution in [1.29, 1.82) is 0 Å². The second kappa shape index (κ2) is 6.09. The van der Waals surface area contributed by atoms with Gasteiger partial charge in [-0.05, 0) is 67.2 Å². The van der Waals surface area contributed by atoms with E-state index in [1.54, 1.807) is 0 Å². The van der Waals surface area contributed by atoms with Crippen LogP contribution in [0, 0.1) is 32.1 Å². The summed E-state index contributed by atoms with van der Waals surface area (Å²) in [6.07, 6.45) is 2.30. The monoisotopic (exact) mass is 261 g/mol. The molecule has 1 aromatic carbocycles. The Balaban J connectivity index is 2.78. The Kier molecular flexibility index (Phi) is 5.20. The number of nitrogens with two attached hydrogens (primary N) is 1. The third-order valence-corrected chi connectivity index (χ3v) is 3.90. The van der Waals surface area contributed by atoms with Crippen LogP contribution in [-0.4, -0.2) is 0 Å². The molecule has 0 aromatic heterocycles. The highest BCUT2D eigenvalue weighted by atomic mass is 14.6. The van der Waals surface area contributed by atoms with Gasteiger partial charge >= 0.3 is 0 Å². The molecule has 0 heterocycles. The van der Waals surface area contributed by atoms with Gasteiger partial charge in [-0.2, -0.15) is 0 Å². The maximum Gasteiger partial charge on any atom is 0.0300 e. The summed E-state index contributed by atoms with van der Waals surface area (Å²) in [6, 6.07) is 4.70. The topological polar surface area (TPSA) is 26.0 Å². The third kappa shape index (κ3) is 4.99. The van der Waals surface area contributed by atoms with E-state index in [1.165, 1.54) is 28.7 Å². The highest BCUT2D eigenvalue weighted by Crippen LogP contribution is 2.31. The van der Waals surface area contributed by atoms with Gasteiger partial charge in [-0.15, -0.1) is 0 Å². The van der Waals surface area contributed by atoms with E-state index in [9.17, 15) is 0 Å². The van der Waals surface area contributed by atoms with Crippen LogP contribution in [0.2, 0.25) is 0 Å². The van der Waals surface area contributed by atoms with Crippen molar-refractivity contribution in [2.24, 2.45) is 17.1 Å². The van der Waals surface area contributed by atoms with Crippen LogP contribution >= 0.6 is 0 Å². The predicted molar refractivity (Wildman–Crippen MR) is 85.4 cm³/mol.